The topological polar surface area (TPSA) is 67.8 Å². The van der Waals surface area contributed by atoms with E-state index >= 15 is 0 Å². The minimum atomic E-state index is -0.465. The molecule has 26 heavy (non-hydrogen) atoms. The van der Waals surface area contributed by atoms with E-state index in [1.165, 1.54) is 0 Å². The molecule has 0 aromatic heterocycles. The quantitative estimate of drug-likeness (QED) is 0.494. The number of esters is 1. The predicted molar refractivity (Wildman–Crippen MR) is 100 cm³/mol. The predicted octanol–water partition coefficient (Wildman–Crippen LogP) is 2.94. The molecule has 0 unspecified atom stereocenters. The lowest BCUT2D eigenvalue weighted by Gasteiger charge is -2.23. The second kappa shape index (κ2) is 8.43. The van der Waals surface area contributed by atoms with Gasteiger partial charge in [-0.25, -0.2) is 4.79 Å². The van der Waals surface area contributed by atoms with Gasteiger partial charge in [0.2, 0.25) is 0 Å². The van der Waals surface area contributed by atoms with E-state index < -0.39 is 12.0 Å². The molecule has 5 nitrogen and oxygen atoms in total. The van der Waals surface area contributed by atoms with Gasteiger partial charge in [-0.3, -0.25) is 10.2 Å². The number of aryl methyl sites for hydroxylation is 1. The molecule has 5 heteroatoms. The maximum atomic E-state index is 12.6. The van der Waals surface area contributed by atoms with E-state index in [0.717, 1.165) is 23.1 Å². The molecule has 2 aromatic carbocycles. The van der Waals surface area contributed by atoms with Gasteiger partial charge >= 0.3 is 5.97 Å². The fourth-order valence-electron chi connectivity index (χ4n) is 3.04. The molecule has 1 atom stereocenters. The van der Waals surface area contributed by atoms with Crippen LogP contribution in [0.5, 0.6) is 0 Å². The third kappa shape index (κ3) is 4.17. The SMILES string of the molecule is CCOC(=O)/C(Cc1ccccc1)=N\N[C@@H]1CCc2ccccc2C1=O. The molecule has 2 aromatic rings. The number of ether oxygens (including phenoxy) is 1. The normalized spacial score (nSPS) is 16.7. The number of rotatable bonds is 6. The van der Waals surface area contributed by atoms with Crippen LogP contribution in [0.4, 0.5) is 0 Å². The molecule has 0 saturated heterocycles. The molecule has 1 aliphatic rings. The lowest BCUT2D eigenvalue weighted by molar-refractivity contribution is -0.135. The van der Waals surface area contributed by atoms with Crippen molar-refractivity contribution in [1.82, 2.24) is 5.43 Å². The fourth-order valence-corrected chi connectivity index (χ4v) is 3.04. The maximum absolute atomic E-state index is 12.6. The van der Waals surface area contributed by atoms with Gasteiger partial charge in [0.1, 0.15) is 11.8 Å². The van der Waals surface area contributed by atoms with Gasteiger partial charge in [-0.1, -0.05) is 54.6 Å². The average molecular weight is 350 g/mol. The molecule has 0 spiro atoms. The average Bonchev–Trinajstić information content (AvgIpc) is 2.67. The molecule has 0 radical (unpaired) electrons. The third-order valence-electron chi connectivity index (χ3n) is 4.38. The number of Topliss-reactive ketones (excluding diaryl/α,β-unsaturated/α-hetero) is 1. The van der Waals surface area contributed by atoms with Gasteiger partial charge in [-0.15, -0.1) is 0 Å². The Balaban J connectivity index is 1.76. The summed E-state index contributed by atoms with van der Waals surface area (Å²) in [6.45, 7) is 2.04. The maximum Gasteiger partial charge on any atom is 0.354 e. The van der Waals surface area contributed by atoms with Crippen LogP contribution in [0.15, 0.2) is 59.7 Å². The number of nitrogens with one attached hydrogen (secondary N) is 1. The molecule has 3 rings (SSSR count). The van der Waals surface area contributed by atoms with E-state index in [4.69, 9.17) is 4.74 Å². The lowest BCUT2D eigenvalue weighted by atomic mass is 9.87. The summed E-state index contributed by atoms with van der Waals surface area (Å²) < 4.78 is 5.10. The number of fused-ring (bicyclic) bond motifs is 1. The van der Waals surface area contributed by atoms with Crippen LogP contribution >= 0.6 is 0 Å². The summed E-state index contributed by atoms with van der Waals surface area (Å²) in [7, 11) is 0. The molecular weight excluding hydrogens is 328 g/mol. The number of nitrogens with zero attached hydrogens (tertiary/aromatic N) is 1. The fraction of sp³-hybridized carbons (Fsp3) is 0.286. The Hall–Kier alpha value is -2.95. The Bertz CT molecular complexity index is 815. The number of carbonyl (C=O) groups is 2. The van der Waals surface area contributed by atoms with E-state index in [0.29, 0.717) is 12.8 Å². The van der Waals surface area contributed by atoms with Crippen LogP contribution in [-0.4, -0.2) is 30.1 Å². The van der Waals surface area contributed by atoms with Crippen LogP contribution in [0.3, 0.4) is 0 Å². The van der Waals surface area contributed by atoms with Gasteiger partial charge in [0, 0.05) is 12.0 Å². The highest BCUT2D eigenvalue weighted by Gasteiger charge is 2.27. The smallest absolute Gasteiger partial charge is 0.354 e. The number of hydrogen-bond acceptors (Lipinski definition) is 5. The van der Waals surface area contributed by atoms with Gasteiger partial charge in [0.05, 0.1) is 6.61 Å². The monoisotopic (exact) mass is 350 g/mol. The largest absolute Gasteiger partial charge is 0.461 e. The highest BCUT2D eigenvalue weighted by atomic mass is 16.5. The standard InChI is InChI=1S/C21H22N2O3/c1-2-26-21(25)19(14-15-8-4-3-5-9-15)23-22-18-13-12-16-10-6-7-11-17(16)20(18)24/h3-11,18,22H,2,12-14H2,1H3/b23-19-/t18-/m1/s1. The van der Waals surface area contributed by atoms with E-state index in [1.54, 1.807) is 6.92 Å². The zero-order chi connectivity index (χ0) is 18.4. The van der Waals surface area contributed by atoms with E-state index in [2.05, 4.69) is 10.5 Å². The van der Waals surface area contributed by atoms with E-state index in [9.17, 15) is 9.59 Å². The molecule has 0 fully saturated rings. The van der Waals surface area contributed by atoms with Crippen LogP contribution in [0, 0.1) is 0 Å². The summed E-state index contributed by atoms with van der Waals surface area (Å²) in [6, 6.07) is 16.8. The molecule has 0 aliphatic heterocycles. The highest BCUT2D eigenvalue weighted by Crippen LogP contribution is 2.21. The zero-order valence-corrected chi connectivity index (χ0v) is 14.8. The first-order valence-electron chi connectivity index (χ1n) is 8.84. The first-order chi connectivity index (χ1) is 12.7. The van der Waals surface area contributed by atoms with Crippen LogP contribution in [0.1, 0.15) is 34.8 Å². The van der Waals surface area contributed by atoms with E-state index in [-0.39, 0.29) is 18.1 Å². The van der Waals surface area contributed by atoms with Gasteiger partial charge in [-0.05, 0) is 30.9 Å². The Morgan fingerprint density at radius 2 is 1.88 bits per heavy atom. The third-order valence-corrected chi connectivity index (χ3v) is 4.38. The summed E-state index contributed by atoms with van der Waals surface area (Å²) in [6.07, 6.45) is 1.81. The van der Waals surface area contributed by atoms with Crippen LogP contribution in [0.25, 0.3) is 0 Å². The summed E-state index contributed by atoms with van der Waals surface area (Å²) in [5, 5.41) is 4.26. The highest BCUT2D eigenvalue weighted by molar-refractivity contribution is 6.36. The summed E-state index contributed by atoms with van der Waals surface area (Å²) in [5.41, 5.74) is 5.93. The van der Waals surface area contributed by atoms with Crippen molar-refractivity contribution in [3.05, 3.63) is 71.3 Å². The molecule has 0 amide bonds. The Morgan fingerprint density at radius 3 is 2.65 bits per heavy atom. The number of hydrazone groups is 1. The van der Waals surface area contributed by atoms with E-state index in [1.807, 2.05) is 54.6 Å². The lowest BCUT2D eigenvalue weighted by Crippen LogP contribution is -2.39. The van der Waals surface area contributed by atoms with Crippen molar-refractivity contribution in [2.75, 3.05) is 6.61 Å². The molecule has 0 bridgehead atoms. The number of benzene rings is 2. The molecule has 0 heterocycles. The molecule has 134 valence electrons. The number of hydrogen-bond donors (Lipinski definition) is 1. The second-order valence-corrected chi connectivity index (χ2v) is 6.18. The zero-order valence-electron chi connectivity index (χ0n) is 14.8. The summed E-state index contributed by atoms with van der Waals surface area (Å²) in [4.78, 5) is 24.9. The summed E-state index contributed by atoms with van der Waals surface area (Å²) >= 11 is 0. The first-order valence-corrected chi connectivity index (χ1v) is 8.84. The van der Waals surface area contributed by atoms with Crippen molar-refractivity contribution >= 4 is 17.5 Å². The van der Waals surface area contributed by atoms with Crippen LogP contribution < -0.4 is 5.43 Å². The van der Waals surface area contributed by atoms with Crippen molar-refractivity contribution in [3.8, 4) is 0 Å². The second-order valence-electron chi connectivity index (χ2n) is 6.18. The van der Waals surface area contributed by atoms with Crippen LogP contribution in [-0.2, 0) is 22.4 Å². The number of carbonyl (C=O) groups excluding carboxylic acids is 2. The molecule has 1 aliphatic carbocycles. The molecule has 0 saturated carbocycles. The Labute approximate surface area is 153 Å². The minimum absolute atomic E-state index is 0.0125. The minimum Gasteiger partial charge on any atom is -0.461 e. The first kappa shape index (κ1) is 17.9. The van der Waals surface area contributed by atoms with Crippen molar-refractivity contribution < 1.29 is 14.3 Å². The van der Waals surface area contributed by atoms with Crippen LogP contribution in [0.2, 0.25) is 0 Å². The van der Waals surface area contributed by atoms with Crippen molar-refractivity contribution in [2.45, 2.75) is 32.2 Å². The van der Waals surface area contributed by atoms with Crippen molar-refractivity contribution in [3.63, 3.8) is 0 Å². The van der Waals surface area contributed by atoms with Gasteiger partial charge in [0.15, 0.2) is 5.78 Å². The summed E-state index contributed by atoms with van der Waals surface area (Å²) in [5.74, 6) is -0.453. The van der Waals surface area contributed by atoms with Gasteiger partial charge in [0.25, 0.3) is 0 Å². The van der Waals surface area contributed by atoms with Crippen molar-refractivity contribution in [1.29, 1.82) is 0 Å². The van der Waals surface area contributed by atoms with Crippen molar-refractivity contribution in [2.24, 2.45) is 5.10 Å². The Kier molecular flexibility index (Phi) is 5.79. The Morgan fingerprint density at radius 1 is 1.15 bits per heavy atom. The number of ketones is 1. The molecular formula is C21H22N2O3. The molecule has 1 N–H and O–H groups in total. The van der Waals surface area contributed by atoms with Gasteiger partial charge in [-0.2, -0.15) is 5.10 Å². The van der Waals surface area contributed by atoms with Gasteiger partial charge < -0.3 is 4.74 Å².